The van der Waals surface area contributed by atoms with Crippen LogP contribution in [0.15, 0.2) is 66.7 Å². The molecule has 0 aliphatic heterocycles. The van der Waals surface area contributed by atoms with Crippen molar-refractivity contribution in [1.29, 1.82) is 0 Å². The first kappa shape index (κ1) is 14.1. The molecular formula is C18H16N2O2. The van der Waals surface area contributed by atoms with Crippen molar-refractivity contribution in [2.45, 2.75) is 6.54 Å². The summed E-state index contributed by atoms with van der Waals surface area (Å²) in [6.07, 6.45) is 0. The summed E-state index contributed by atoms with van der Waals surface area (Å²) < 4.78 is 6.74. The van der Waals surface area contributed by atoms with Crippen molar-refractivity contribution < 1.29 is 9.53 Å². The number of carbonyl (C=O) groups is 1. The lowest BCUT2D eigenvalue weighted by Crippen LogP contribution is -2.11. The standard InChI is InChI=1S/C18H16N2O2/c1-13(18(21)22-2)12-20-16-11-7-6-10-15(16)19-17(20)14-8-4-3-5-9-14/h3-11H,1,12H2,2H3. The molecule has 0 N–H and O–H groups in total. The third-order valence-corrected chi connectivity index (χ3v) is 3.51. The molecule has 0 fully saturated rings. The minimum atomic E-state index is -0.406. The Kier molecular flexibility index (Phi) is 3.74. The van der Waals surface area contributed by atoms with Gasteiger partial charge in [-0.15, -0.1) is 0 Å². The molecule has 22 heavy (non-hydrogen) atoms. The van der Waals surface area contributed by atoms with Gasteiger partial charge >= 0.3 is 5.97 Å². The Morgan fingerprint density at radius 2 is 1.82 bits per heavy atom. The lowest BCUT2D eigenvalue weighted by Gasteiger charge is -2.10. The van der Waals surface area contributed by atoms with E-state index in [9.17, 15) is 4.79 Å². The molecule has 2 aromatic carbocycles. The van der Waals surface area contributed by atoms with E-state index in [0.29, 0.717) is 12.1 Å². The van der Waals surface area contributed by atoms with Crippen LogP contribution in [0.25, 0.3) is 22.4 Å². The monoisotopic (exact) mass is 292 g/mol. The van der Waals surface area contributed by atoms with Gasteiger partial charge in [-0.05, 0) is 12.1 Å². The summed E-state index contributed by atoms with van der Waals surface area (Å²) in [5, 5.41) is 0. The average molecular weight is 292 g/mol. The fourth-order valence-electron chi connectivity index (χ4n) is 2.44. The number of fused-ring (bicyclic) bond motifs is 1. The van der Waals surface area contributed by atoms with Crippen molar-refractivity contribution in [3.05, 3.63) is 66.7 Å². The third kappa shape index (κ3) is 2.51. The largest absolute Gasteiger partial charge is 0.466 e. The maximum atomic E-state index is 11.7. The molecule has 0 saturated carbocycles. The second-order valence-corrected chi connectivity index (χ2v) is 4.97. The highest BCUT2D eigenvalue weighted by molar-refractivity contribution is 5.88. The van der Waals surface area contributed by atoms with Gasteiger partial charge in [-0.2, -0.15) is 0 Å². The van der Waals surface area contributed by atoms with E-state index in [1.807, 2.05) is 59.2 Å². The summed E-state index contributed by atoms with van der Waals surface area (Å²) in [5.41, 5.74) is 3.24. The summed E-state index contributed by atoms with van der Waals surface area (Å²) in [6, 6.07) is 17.7. The fourth-order valence-corrected chi connectivity index (χ4v) is 2.44. The molecule has 3 rings (SSSR count). The summed E-state index contributed by atoms with van der Waals surface area (Å²) in [5.74, 6) is 0.406. The van der Waals surface area contributed by atoms with Gasteiger partial charge in [0.05, 0.1) is 24.7 Å². The van der Waals surface area contributed by atoms with Gasteiger partial charge < -0.3 is 9.30 Å². The van der Waals surface area contributed by atoms with Crippen LogP contribution >= 0.6 is 0 Å². The Labute approximate surface area is 128 Å². The Balaban J connectivity index is 2.14. The third-order valence-electron chi connectivity index (χ3n) is 3.51. The molecule has 0 unspecified atom stereocenters. The first-order valence-electron chi connectivity index (χ1n) is 6.97. The zero-order valence-electron chi connectivity index (χ0n) is 12.3. The Hall–Kier alpha value is -2.88. The molecule has 0 radical (unpaired) electrons. The number of carbonyl (C=O) groups excluding carboxylic acids is 1. The van der Waals surface area contributed by atoms with Crippen LogP contribution in [0.4, 0.5) is 0 Å². The van der Waals surface area contributed by atoms with Gasteiger partial charge in [-0.1, -0.05) is 49.0 Å². The van der Waals surface area contributed by atoms with Crippen molar-refractivity contribution in [2.24, 2.45) is 0 Å². The van der Waals surface area contributed by atoms with Gasteiger partial charge in [-0.3, -0.25) is 0 Å². The second-order valence-electron chi connectivity index (χ2n) is 4.97. The molecule has 0 saturated heterocycles. The van der Waals surface area contributed by atoms with E-state index in [2.05, 4.69) is 6.58 Å². The first-order valence-corrected chi connectivity index (χ1v) is 6.97. The SMILES string of the molecule is C=C(Cn1c(-c2ccccc2)nc2ccccc21)C(=O)OC. The number of ether oxygens (including phenoxy) is 1. The number of benzene rings is 2. The van der Waals surface area contributed by atoms with Crippen molar-refractivity contribution >= 4 is 17.0 Å². The van der Waals surface area contributed by atoms with Crippen LogP contribution in [0, 0.1) is 0 Å². The van der Waals surface area contributed by atoms with Gasteiger partial charge in [0.25, 0.3) is 0 Å². The average Bonchev–Trinajstić information content (AvgIpc) is 2.93. The Morgan fingerprint density at radius 1 is 1.14 bits per heavy atom. The molecule has 0 aliphatic rings. The van der Waals surface area contributed by atoms with Gasteiger partial charge in [0, 0.05) is 11.1 Å². The van der Waals surface area contributed by atoms with Gasteiger partial charge in [0.1, 0.15) is 5.82 Å². The van der Waals surface area contributed by atoms with Crippen LogP contribution < -0.4 is 0 Å². The first-order chi connectivity index (χ1) is 10.7. The number of aromatic nitrogens is 2. The summed E-state index contributed by atoms with van der Waals surface area (Å²) in [4.78, 5) is 16.4. The number of para-hydroxylation sites is 2. The zero-order chi connectivity index (χ0) is 15.5. The highest BCUT2D eigenvalue weighted by atomic mass is 16.5. The minimum absolute atomic E-state index is 0.345. The van der Waals surface area contributed by atoms with E-state index in [4.69, 9.17) is 9.72 Å². The number of hydrogen-bond acceptors (Lipinski definition) is 3. The maximum Gasteiger partial charge on any atom is 0.334 e. The molecule has 1 heterocycles. The molecule has 0 aliphatic carbocycles. The second kappa shape index (κ2) is 5.85. The lowest BCUT2D eigenvalue weighted by atomic mass is 10.2. The fraction of sp³-hybridized carbons (Fsp3) is 0.111. The van der Waals surface area contributed by atoms with Crippen LogP contribution in [0.5, 0.6) is 0 Å². The topological polar surface area (TPSA) is 44.1 Å². The van der Waals surface area contributed by atoms with Crippen molar-refractivity contribution in [3.63, 3.8) is 0 Å². The van der Waals surface area contributed by atoms with Crippen LogP contribution in [0.3, 0.4) is 0 Å². The van der Waals surface area contributed by atoms with Crippen molar-refractivity contribution in [3.8, 4) is 11.4 Å². The summed E-state index contributed by atoms with van der Waals surface area (Å²) >= 11 is 0. The van der Waals surface area contributed by atoms with E-state index in [-0.39, 0.29) is 0 Å². The number of nitrogens with zero attached hydrogens (tertiary/aromatic N) is 2. The Morgan fingerprint density at radius 3 is 2.55 bits per heavy atom. The van der Waals surface area contributed by atoms with Gasteiger partial charge in [0.2, 0.25) is 0 Å². The van der Waals surface area contributed by atoms with E-state index in [1.54, 1.807) is 0 Å². The highest BCUT2D eigenvalue weighted by Crippen LogP contribution is 2.25. The van der Waals surface area contributed by atoms with Crippen molar-refractivity contribution in [1.82, 2.24) is 9.55 Å². The van der Waals surface area contributed by atoms with E-state index >= 15 is 0 Å². The van der Waals surface area contributed by atoms with Gasteiger partial charge in [0.15, 0.2) is 0 Å². The normalized spacial score (nSPS) is 10.6. The number of rotatable bonds is 4. The molecule has 1 aromatic heterocycles. The van der Waals surface area contributed by atoms with E-state index in [1.165, 1.54) is 7.11 Å². The quantitative estimate of drug-likeness (QED) is 0.546. The summed E-state index contributed by atoms with van der Waals surface area (Å²) in [6.45, 7) is 4.16. The molecular weight excluding hydrogens is 276 g/mol. The zero-order valence-corrected chi connectivity index (χ0v) is 12.3. The molecule has 3 aromatic rings. The predicted molar refractivity (Wildman–Crippen MR) is 86.3 cm³/mol. The van der Waals surface area contributed by atoms with Gasteiger partial charge in [-0.25, -0.2) is 9.78 Å². The Bertz CT molecular complexity index is 835. The molecule has 0 atom stereocenters. The maximum absolute atomic E-state index is 11.7. The number of methoxy groups -OCH3 is 1. The molecule has 110 valence electrons. The summed E-state index contributed by atoms with van der Waals surface area (Å²) in [7, 11) is 1.36. The number of imidazole rings is 1. The lowest BCUT2D eigenvalue weighted by molar-refractivity contribution is -0.136. The van der Waals surface area contributed by atoms with Crippen LogP contribution in [0.2, 0.25) is 0 Å². The van der Waals surface area contributed by atoms with E-state index in [0.717, 1.165) is 22.4 Å². The molecule has 0 spiro atoms. The van der Waals surface area contributed by atoms with Crippen LogP contribution in [-0.2, 0) is 16.1 Å². The molecule has 0 amide bonds. The molecule has 0 bridgehead atoms. The number of esters is 1. The molecule has 4 nitrogen and oxygen atoms in total. The molecule has 4 heteroatoms. The highest BCUT2D eigenvalue weighted by Gasteiger charge is 2.15. The van der Waals surface area contributed by atoms with Crippen LogP contribution in [0.1, 0.15) is 0 Å². The smallest absolute Gasteiger partial charge is 0.334 e. The minimum Gasteiger partial charge on any atom is -0.466 e. The van der Waals surface area contributed by atoms with E-state index < -0.39 is 5.97 Å². The van der Waals surface area contributed by atoms with Crippen LogP contribution in [-0.4, -0.2) is 22.6 Å². The number of hydrogen-bond donors (Lipinski definition) is 0. The predicted octanol–water partition coefficient (Wildman–Crippen LogP) is 3.43. The van der Waals surface area contributed by atoms with Crippen molar-refractivity contribution in [2.75, 3.05) is 7.11 Å².